The standard InChI is InChI=1S/C24H36Cl2FN3O2/c1-16-15-29(13-14-30(16)20-10-9-19(27)21(25)22(20)26)12-11-17-5-7-18(8-6-17)28-23(31)32-24(2,3)4/h9-10,16-18H,5-8,11-15H2,1-4H3,(H,28,31)/t16-,17-,18-/m1/s1. The third-order valence-corrected chi connectivity index (χ3v) is 7.31. The summed E-state index contributed by atoms with van der Waals surface area (Å²) in [4.78, 5) is 16.7. The Bertz CT molecular complexity index is 794. The Morgan fingerprint density at radius 3 is 2.47 bits per heavy atom. The maximum Gasteiger partial charge on any atom is 0.407 e. The van der Waals surface area contributed by atoms with Crippen LogP contribution in [0.2, 0.25) is 10.0 Å². The molecule has 1 aliphatic heterocycles. The molecular formula is C24H36Cl2FN3O2. The average Bonchev–Trinajstić information content (AvgIpc) is 2.71. The zero-order valence-electron chi connectivity index (χ0n) is 19.6. The van der Waals surface area contributed by atoms with Crippen LogP contribution in [-0.2, 0) is 4.74 Å². The number of piperazine rings is 1. The van der Waals surface area contributed by atoms with Gasteiger partial charge in [0.15, 0.2) is 0 Å². The summed E-state index contributed by atoms with van der Waals surface area (Å²) < 4.78 is 19.0. The first-order valence-corrected chi connectivity index (χ1v) is 12.4. The minimum absolute atomic E-state index is 0.00411. The maximum atomic E-state index is 13.6. The summed E-state index contributed by atoms with van der Waals surface area (Å²) in [7, 11) is 0. The molecule has 1 heterocycles. The molecule has 3 rings (SSSR count). The molecule has 1 amide bonds. The first-order chi connectivity index (χ1) is 15.0. The lowest BCUT2D eigenvalue weighted by molar-refractivity contribution is 0.0485. The first-order valence-electron chi connectivity index (χ1n) is 11.7. The van der Waals surface area contributed by atoms with Gasteiger partial charge in [0.1, 0.15) is 11.4 Å². The molecular weight excluding hydrogens is 452 g/mol. The first kappa shape index (κ1) is 25.4. The lowest BCUT2D eigenvalue weighted by atomic mass is 9.84. The van der Waals surface area contributed by atoms with Crippen molar-refractivity contribution in [2.45, 2.75) is 77.5 Å². The largest absolute Gasteiger partial charge is 0.444 e. The average molecular weight is 488 g/mol. The molecule has 1 aromatic rings. The number of anilines is 1. The fourth-order valence-electron chi connectivity index (χ4n) is 4.77. The smallest absolute Gasteiger partial charge is 0.407 e. The lowest BCUT2D eigenvalue weighted by Gasteiger charge is -2.42. The van der Waals surface area contributed by atoms with Gasteiger partial charge in [-0.25, -0.2) is 9.18 Å². The van der Waals surface area contributed by atoms with Crippen molar-refractivity contribution in [2.24, 2.45) is 5.92 Å². The monoisotopic (exact) mass is 487 g/mol. The van der Waals surface area contributed by atoms with E-state index in [-0.39, 0.29) is 23.2 Å². The van der Waals surface area contributed by atoms with E-state index in [1.807, 2.05) is 20.8 Å². The third kappa shape index (κ3) is 6.88. The number of rotatable bonds is 5. The van der Waals surface area contributed by atoms with Crippen LogP contribution in [0.3, 0.4) is 0 Å². The van der Waals surface area contributed by atoms with E-state index in [1.165, 1.54) is 12.5 Å². The predicted molar refractivity (Wildman–Crippen MR) is 129 cm³/mol. The Balaban J connectivity index is 1.40. The maximum absolute atomic E-state index is 13.6. The Morgan fingerprint density at radius 1 is 1.16 bits per heavy atom. The molecule has 1 saturated carbocycles. The fourth-order valence-corrected chi connectivity index (χ4v) is 5.19. The highest BCUT2D eigenvalue weighted by atomic mass is 35.5. The van der Waals surface area contributed by atoms with E-state index in [9.17, 15) is 9.18 Å². The molecule has 1 saturated heterocycles. The van der Waals surface area contributed by atoms with Crippen LogP contribution in [0.5, 0.6) is 0 Å². The fraction of sp³-hybridized carbons (Fsp3) is 0.708. The zero-order valence-corrected chi connectivity index (χ0v) is 21.1. The van der Waals surface area contributed by atoms with Gasteiger partial charge >= 0.3 is 6.09 Å². The number of hydrogen-bond donors (Lipinski definition) is 1. The van der Waals surface area contributed by atoms with Crippen molar-refractivity contribution in [2.75, 3.05) is 31.1 Å². The molecule has 1 aromatic carbocycles. The van der Waals surface area contributed by atoms with Crippen LogP contribution in [0, 0.1) is 11.7 Å². The highest BCUT2D eigenvalue weighted by Gasteiger charge is 2.28. The van der Waals surface area contributed by atoms with Crippen molar-refractivity contribution in [3.8, 4) is 0 Å². The van der Waals surface area contributed by atoms with Crippen LogP contribution in [0.4, 0.5) is 14.9 Å². The molecule has 5 nitrogen and oxygen atoms in total. The molecule has 2 aliphatic rings. The van der Waals surface area contributed by atoms with Gasteiger partial charge in [0.05, 0.1) is 15.7 Å². The van der Waals surface area contributed by atoms with Gasteiger partial charge in [-0.05, 0) is 84.4 Å². The number of alkyl carbamates (subject to hydrolysis) is 1. The Labute approximate surface area is 201 Å². The van der Waals surface area contributed by atoms with Crippen LogP contribution in [-0.4, -0.2) is 54.9 Å². The minimum atomic E-state index is -0.484. The molecule has 0 bridgehead atoms. The quantitative estimate of drug-likeness (QED) is 0.508. The Morgan fingerprint density at radius 2 is 1.84 bits per heavy atom. The van der Waals surface area contributed by atoms with E-state index in [0.29, 0.717) is 10.9 Å². The number of nitrogens with zero attached hydrogens (tertiary/aromatic N) is 2. The van der Waals surface area contributed by atoms with Crippen molar-refractivity contribution < 1.29 is 13.9 Å². The predicted octanol–water partition coefficient (Wildman–Crippen LogP) is 6.12. The summed E-state index contributed by atoms with van der Waals surface area (Å²) in [6.07, 6.45) is 5.17. The molecule has 0 spiro atoms. The van der Waals surface area contributed by atoms with Crippen molar-refractivity contribution in [1.82, 2.24) is 10.2 Å². The molecule has 0 aromatic heterocycles. The number of hydrogen-bond acceptors (Lipinski definition) is 4. The van der Waals surface area contributed by atoms with Gasteiger partial charge in [0.25, 0.3) is 0 Å². The van der Waals surface area contributed by atoms with E-state index in [4.69, 9.17) is 27.9 Å². The third-order valence-electron chi connectivity index (χ3n) is 6.46. The minimum Gasteiger partial charge on any atom is -0.444 e. The number of ether oxygens (including phenoxy) is 1. The number of carbonyl (C=O) groups is 1. The van der Waals surface area contributed by atoms with Crippen molar-refractivity contribution >= 4 is 35.0 Å². The van der Waals surface area contributed by atoms with Gasteiger partial charge in [-0.3, -0.25) is 4.90 Å². The number of halogens is 3. The molecule has 1 aliphatic carbocycles. The van der Waals surface area contributed by atoms with Crippen LogP contribution >= 0.6 is 23.2 Å². The number of carbonyl (C=O) groups excluding carboxylic acids is 1. The van der Waals surface area contributed by atoms with Gasteiger partial charge < -0.3 is 15.0 Å². The number of nitrogens with one attached hydrogen (secondary N) is 1. The highest BCUT2D eigenvalue weighted by molar-refractivity contribution is 6.43. The van der Waals surface area contributed by atoms with E-state index >= 15 is 0 Å². The van der Waals surface area contributed by atoms with Crippen molar-refractivity contribution in [3.63, 3.8) is 0 Å². The van der Waals surface area contributed by atoms with Crippen LogP contribution in [0.1, 0.15) is 59.8 Å². The molecule has 2 fully saturated rings. The van der Waals surface area contributed by atoms with E-state index in [2.05, 4.69) is 22.0 Å². The number of amides is 1. The molecule has 0 radical (unpaired) electrons. The highest BCUT2D eigenvalue weighted by Crippen LogP contribution is 2.36. The van der Waals surface area contributed by atoms with Gasteiger partial charge in [-0.15, -0.1) is 0 Å². The zero-order chi connectivity index (χ0) is 23.5. The van der Waals surface area contributed by atoms with Crippen molar-refractivity contribution in [3.05, 3.63) is 28.0 Å². The van der Waals surface area contributed by atoms with Crippen LogP contribution in [0.25, 0.3) is 0 Å². The number of benzene rings is 1. The summed E-state index contributed by atoms with van der Waals surface area (Å²) in [5, 5.41) is 3.31. The topological polar surface area (TPSA) is 44.8 Å². The second kappa shape index (κ2) is 10.8. The molecule has 0 unspecified atom stereocenters. The second-order valence-corrected chi connectivity index (χ2v) is 10.9. The normalized spacial score (nSPS) is 25.0. The summed E-state index contributed by atoms with van der Waals surface area (Å²) in [6.45, 7) is 11.6. The molecule has 1 N–H and O–H groups in total. The molecule has 1 atom stereocenters. The molecule has 8 heteroatoms. The van der Waals surface area contributed by atoms with Gasteiger partial charge in [-0.2, -0.15) is 0 Å². The van der Waals surface area contributed by atoms with Gasteiger partial charge in [0.2, 0.25) is 0 Å². The summed E-state index contributed by atoms with van der Waals surface area (Å²) in [6, 6.07) is 3.60. The summed E-state index contributed by atoms with van der Waals surface area (Å²) >= 11 is 12.3. The van der Waals surface area contributed by atoms with Crippen LogP contribution < -0.4 is 10.2 Å². The van der Waals surface area contributed by atoms with Gasteiger partial charge in [0, 0.05) is 31.7 Å². The SMILES string of the molecule is C[C@@H]1CN(CC[C@H]2CC[C@H](NC(=O)OC(C)(C)C)CC2)CCN1c1ccc(F)c(Cl)c1Cl. The van der Waals surface area contributed by atoms with E-state index in [1.54, 1.807) is 6.07 Å². The molecule has 180 valence electrons. The Hall–Kier alpha value is -1.24. The lowest BCUT2D eigenvalue weighted by Crippen LogP contribution is -2.52. The van der Waals surface area contributed by atoms with Crippen molar-refractivity contribution in [1.29, 1.82) is 0 Å². The summed E-state index contributed by atoms with van der Waals surface area (Å²) in [5.41, 5.74) is 0.345. The van der Waals surface area contributed by atoms with Crippen LogP contribution in [0.15, 0.2) is 12.1 Å². The van der Waals surface area contributed by atoms with E-state index in [0.717, 1.165) is 57.5 Å². The van der Waals surface area contributed by atoms with E-state index < -0.39 is 11.4 Å². The Kier molecular flexibility index (Phi) is 8.56. The van der Waals surface area contributed by atoms with Gasteiger partial charge in [-0.1, -0.05) is 23.2 Å². The second-order valence-electron chi connectivity index (χ2n) is 10.2. The summed E-state index contributed by atoms with van der Waals surface area (Å²) in [5.74, 6) is 0.216. The molecule has 32 heavy (non-hydrogen) atoms.